The Balaban J connectivity index is 2.74. The van der Waals surface area contributed by atoms with Crippen LogP contribution in [0.3, 0.4) is 0 Å². The predicted molar refractivity (Wildman–Crippen MR) is 82.0 cm³/mol. The molecule has 7 heteroatoms. The summed E-state index contributed by atoms with van der Waals surface area (Å²) in [5.74, 6) is 1.18. The maximum atomic E-state index is 12.0. The van der Waals surface area contributed by atoms with Crippen LogP contribution in [0.25, 0.3) is 0 Å². The van der Waals surface area contributed by atoms with Gasteiger partial charge in [-0.25, -0.2) is 9.97 Å². The number of anilines is 1. The molecule has 0 aliphatic rings. The van der Waals surface area contributed by atoms with Crippen LogP contribution in [-0.2, 0) is 4.79 Å². The van der Waals surface area contributed by atoms with Crippen LogP contribution in [0.5, 0.6) is 0 Å². The minimum atomic E-state index is -0.393. The molecule has 112 valence electrons. The number of rotatable bonds is 8. The van der Waals surface area contributed by atoms with Crippen LogP contribution in [0, 0.1) is 13.8 Å². The normalized spacial score (nSPS) is 12.0. The molecule has 0 saturated carbocycles. The van der Waals surface area contributed by atoms with Crippen LogP contribution < -0.4 is 10.6 Å². The molecule has 0 aliphatic heterocycles. The summed E-state index contributed by atoms with van der Waals surface area (Å²) in [6.45, 7) is 3.97. The molecule has 1 amide bonds. The van der Waals surface area contributed by atoms with Gasteiger partial charge in [-0.05, 0) is 38.3 Å². The number of nitrogens with one attached hydrogen (secondary N) is 2. The van der Waals surface area contributed by atoms with Gasteiger partial charge in [-0.3, -0.25) is 4.79 Å². The molecule has 0 bridgehead atoms. The Hall–Kier alpha value is -1.34. The number of aryl methyl sites for hydroxylation is 2. The Morgan fingerprint density at radius 3 is 2.60 bits per heavy atom. The number of carbonyl (C=O) groups excluding carboxylic acids is 1. The number of hydrogen-bond donors (Lipinski definition) is 3. The van der Waals surface area contributed by atoms with Crippen molar-refractivity contribution in [3.63, 3.8) is 0 Å². The largest absolute Gasteiger partial charge is 0.395 e. The topological polar surface area (TPSA) is 87.1 Å². The Bertz CT molecular complexity index is 422. The van der Waals surface area contributed by atoms with E-state index >= 15 is 0 Å². The maximum Gasteiger partial charge on any atom is 0.242 e. The van der Waals surface area contributed by atoms with E-state index < -0.39 is 6.04 Å². The molecule has 0 radical (unpaired) electrons. The van der Waals surface area contributed by atoms with Gasteiger partial charge in [-0.2, -0.15) is 11.8 Å². The lowest BCUT2D eigenvalue weighted by molar-refractivity contribution is -0.122. The highest BCUT2D eigenvalue weighted by atomic mass is 32.2. The van der Waals surface area contributed by atoms with Crippen molar-refractivity contribution in [2.75, 3.05) is 30.5 Å². The molecule has 0 spiro atoms. The first-order chi connectivity index (χ1) is 9.56. The molecule has 20 heavy (non-hydrogen) atoms. The first-order valence-electron chi connectivity index (χ1n) is 6.53. The van der Waals surface area contributed by atoms with Crippen molar-refractivity contribution < 1.29 is 9.90 Å². The van der Waals surface area contributed by atoms with E-state index in [1.165, 1.54) is 0 Å². The van der Waals surface area contributed by atoms with Gasteiger partial charge in [-0.15, -0.1) is 0 Å². The highest BCUT2D eigenvalue weighted by molar-refractivity contribution is 7.98. The summed E-state index contributed by atoms with van der Waals surface area (Å²) in [5, 5.41) is 14.5. The summed E-state index contributed by atoms with van der Waals surface area (Å²) >= 11 is 1.68. The van der Waals surface area contributed by atoms with Crippen LogP contribution in [0.1, 0.15) is 17.8 Å². The lowest BCUT2D eigenvalue weighted by Gasteiger charge is -2.18. The van der Waals surface area contributed by atoms with E-state index in [-0.39, 0.29) is 19.1 Å². The lowest BCUT2D eigenvalue weighted by atomic mass is 10.2. The van der Waals surface area contributed by atoms with Crippen LogP contribution >= 0.6 is 11.8 Å². The molecule has 0 saturated heterocycles. The van der Waals surface area contributed by atoms with Crippen molar-refractivity contribution >= 4 is 23.6 Å². The van der Waals surface area contributed by atoms with Gasteiger partial charge in [0.1, 0.15) is 6.04 Å². The fraction of sp³-hybridized carbons (Fsp3) is 0.615. The highest BCUT2D eigenvalue weighted by Gasteiger charge is 2.18. The minimum Gasteiger partial charge on any atom is -0.395 e. The maximum absolute atomic E-state index is 12.0. The number of hydrogen-bond acceptors (Lipinski definition) is 6. The number of nitrogens with zero attached hydrogens (tertiary/aromatic N) is 2. The van der Waals surface area contributed by atoms with Crippen LogP contribution in [0.4, 0.5) is 5.95 Å². The molecule has 1 aromatic heterocycles. The van der Waals surface area contributed by atoms with Crippen molar-refractivity contribution in [2.45, 2.75) is 26.3 Å². The van der Waals surface area contributed by atoms with Gasteiger partial charge in [0.05, 0.1) is 6.61 Å². The molecular formula is C13H22N4O2S. The van der Waals surface area contributed by atoms with Gasteiger partial charge in [0.2, 0.25) is 11.9 Å². The van der Waals surface area contributed by atoms with Crippen molar-refractivity contribution in [2.24, 2.45) is 0 Å². The second-order valence-electron chi connectivity index (χ2n) is 4.47. The Labute approximate surface area is 123 Å². The standard InChI is InChI=1S/C13H22N4O2S/c1-9-8-10(2)16-13(15-9)17-11(4-7-20-3)12(19)14-5-6-18/h8,11,18H,4-7H2,1-3H3,(H,14,19)(H,15,16,17)/t11-/m1/s1. The number of amides is 1. The van der Waals surface area contributed by atoms with E-state index in [2.05, 4.69) is 20.6 Å². The molecule has 1 heterocycles. The number of aliphatic hydroxyl groups excluding tert-OH is 1. The number of aromatic nitrogens is 2. The van der Waals surface area contributed by atoms with E-state index in [4.69, 9.17) is 5.11 Å². The van der Waals surface area contributed by atoms with Gasteiger partial charge in [0.15, 0.2) is 0 Å². The van der Waals surface area contributed by atoms with E-state index in [1.54, 1.807) is 11.8 Å². The van der Waals surface area contributed by atoms with Gasteiger partial charge >= 0.3 is 0 Å². The zero-order chi connectivity index (χ0) is 15.0. The monoisotopic (exact) mass is 298 g/mol. The number of aliphatic hydroxyl groups is 1. The average molecular weight is 298 g/mol. The van der Waals surface area contributed by atoms with Crippen LogP contribution in [0.15, 0.2) is 6.07 Å². The van der Waals surface area contributed by atoms with Gasteiger partial charge < -0.3 is 15.7 Å². The van der Waals surface area contributed by atoms with Crippen molar-refractivity contribution in [1.82, 2.24) is 15.3 Å². The summed E-state index contributed by atoms with van der Waals surface area (Å²) < 4.78 is 0. The SMILES string of the molecule is CSCC[C@@H](Nc1nc(C)cc(C)n1)C(=O)NCCO. The molecule has 0 aliphatic carbocycles. The third-order valence-corrected chi connectivity index (χ3v) is 3.27. The minimum absolute atomic E-state index is 0.0684. The summed E-state index contributed by atoms with van der Waals surface area (Å²) in [4.78, 5) is 20.6. The summed E-state index contributed by atoms with van der Waals surface area (Å²) in [6.07, 6.45) is 2.67. The van der Waals surface area contributed by atoms with E-state index in [0.29, 0.717) is 12.4 Å². The van der Waals surface area contributed by atoms with E-state index in [1.807, 2.05) is 26.2 Å². The summed E-state index contributed by atoms with van der Waals surface area (Å²) in [5.41, 5.74) is 1.72. The van der Waals surface area contributed by atoms with Crippen molar-refractivity contribution in [1.29, 1.82) is 0 Å². The first-order valence-corrected chi connectivity index (χ1v) is 7.92. The van der Waals surface area contributed by atoms with Gasteiger partial charge in [0.25, 0.3) is 0 Å². The Kier molecular flexibility index (Phi) is 7.32. The molecule has 0 aromatic carbocycles. The predicted octanol–water partition coefficient (Wildman–Crippen LogP) is 0.736. The lowest BCUT2D eigenvalue weighted by Crippen LogP contribution is -2.41. The zero-order valence-corrected chi connectivity index (χ0v) is 13.0. The average Bonchev–Trinajstić information content (AvgIpc) is 2.39. The summed E-state index contributed by atoms with van der Waals surface area (Å²) in [6, 6.07) is 1.49. The molecule has 6 nitrogen and oxygen atoms in total. The van der Waals surface area contributed by atoms with Crippen LogP contribution in [-0.4, -0.2) is 52.2 Å². The third-order valence-electron chi connectivity index (χ3n) is 2.62. The molecule has 1 rings (SSSR count). The molecule has 1 aromatic rings. The fourth-order valence-corrected chi connectivity index (χ4v) is 2.22. The number of thioether (sulfide) groups is 1. The number of carbonyl (C=O) groups is 1. The fourth-order valence-electron chi connectivity index (χ4n) is 1.75. The van der Waals surface area contributed by atoms with E-state index in [9.17, 15) is 4.79 Å². The van der Waals surface area contributed by atoms with Gasteiger partial charge in [0, 0.05) is 17.9 Å². The molecular weight excluding hydrogens is 276 g/mol. The van der Waals surface area contributed by atoms with E-state index in [0.717, 1.165) is 17.1 Å². The molecule has 0 fully saturated rings. The Morgan fingerprint density at radius 1 is 1.40 bits per heavy atom. The highest BCUT2D eigenvalue weighted by Crippen LogP contribution is 2.09. The summed E-state index contributed by atoms with van der Waals surface area (Å²) in [7, 11) is 0. The second-order valence-corrected chi connectivity index (χ2v) is 5.45. The molecule has 1 atom stereocenters. The quantitative estimate of drug-likeness (QED) is 0.656. The molecule has 3 N–H and O–H groups in total. The molecule has 0 unspecified atom stereocenters. The van der Waals surface area contributed by atoms with Crippen molar-refractivity contribution in [3.05, 3.63) is 17.5 Å². The smallest absolute Gasteiger partial charge is 0.242 e. The first kappa shape index (κ1) is 16.7. The second kappa shape index (κ2) is 8.76. The Morgan fingerprint density at radius 2 is 2.05 bits per heavy atom. The van der Waals surface area contributed by atoms with Crippen LogP contribution in [0.2, 0.25) is 0 Å². The third kappa shape index (κ3) is 5.75. The van der Waals surface area contributed by atoms with Crippen molar-refractivity contribution in [3.8, 4) is 0 Å². The zero-order valence-electron chi connectivity index (χ0n) is 12.1. The van der Waals surface area contributed by atoms with Gasteiger partial charge in [-0.1, -0.05) is 0 Å².